The van der Waals surface area contributed by atoms with E-state index in [1.165, 1.54) is 0 Å². The van der Waals surface area contributed by atoms with Gasteiger partial charge in [0, 0.05) is 24.3 Å². The number of hydrogen-bond acceptors (Lipinski definition) is 4. The van der Waals surface area contributed by atoms with Crippen molar-refractivity contribution in [1.29, 1.82) is 0 Å². The average Bonchev–Trinajstić information content (AvgIpc) is 3.18. The lowest BCUT2D eigenvalue weighted by atomic mass is 10.1. The summed E-state index contributed by atoms with van der Waals surface area (Å²) in [6, 6.07) is 7.68. The SMILES string of the molecule is Cl.NC1CCC(C(=O)Nc2ccc(OCC3CCCO3)cc2)C1. The Labute approximate surface area is 143 Å². The molecule has 1 saturated heterocycles. The maximum Gasteiger partial charge on any atom is 0.227 e. The van der Waals surface area contributed by atoms with E-state index >= 15 is 0 Å². The number of anilines is 1. The van der Waals surface area contributed by atoms with Crippen molar-refractivity contribution < 1.29 is 14.3 Å². The quantitative estimate of drug-likeness (QED) is 0.864. The van der Waals surface area contributed by atoms with Gasteiger partial charge in [0.25, 0.3) is 0 Å². The van der Waals surface area contributed by atoms with Gasteiger partial charge >= 0.3 is 0 Å². The number of nitrogens with two attached hydrogens (primary N) is 1. The summed E-state index contributed by atoms with van der Waals surface area (Å²) in [4.78, 5) is 12.1. The number of carbonyl (C=O) groups is 1. The fourth-order valence-corrected chi connectivity index (χ4v) is 3.10. The van der Waals surface area contributed by atoms with Gasteiger partial charge < -0.3 is 20.5 Å². The largest absolute Gasteiger partial charge is 0.491 e. The molecule has 1 aliphatic heterocycles. The van der Waals surface area contributed by atoms with E-state index < -0.39 is 0 Å². The average molecular weight is 341 g/mol. The van der Waals surface area contributed by atoms with Crippen LogP contribution in [0.1, 0.15) is 32.1 Å². The Hall–Kier alpha value is -1.30. The summed E-state index contributed by atoms with van der Waals surface area (Å²) in [7, 11) is 0. The summed E-state index contributed by atoms with van der Waals surface area (Å²) in [6.07, 6.45) is 5.01. The molecular weight excluding hydrogens is 316 g/mol. The normalized spacial score (nSPS) is 26.6. The highest BCUT2D eigenvalue weighted by atomic mass is 35.5. The predicted octanol–water partition coefficient (Wildman–Crippen LogP) is 2.73. The standard InChI is InChI=1S/C17H24N2O3.ClH/c18-13-4-3-12(10-13)17(20)19-14-5-7-15(8-6-14)22-11-16-2-1-9-21-16;/h5-8,12-13,16H,1-4,9-11,18H2,(H,19,20);1H. The second kappa shape index (κ2) is 8.52. The Morgan fingerprint density at radius 1 is 1.26 bits per heavy atom. The number of ether oxygens (including phenoxy) is 2. The van der Waals surface area contributed by atoms with Gasteiger partial charge in [-0.15, -0.1) is 12.4 Å². The Bertz CT molecular complexity index is 503. The van der Waals surface area contributed by atoms with Crippen molar-refractivity contribution in [3.05, 3.63) is 24.3 Å². The van der Waals surface area contributed by atoms with Crippen molar-refractivity contribution >= 4 is 24.0 Å². The molecule has 1 aliphatic carbocycles. The summed E-state index contributed by atoms with van der Waals surface area (Å²) < 4.78 is 11.2. The maximum absolute atomic E-state index is 12.1. The van der Waals surface area contributed by atoms with E-state index in [2.05, 4.69) is 5.32 Å². The van der Waals surface area contributed by atoms with E-state index in [0.717, 1.165) is 50.1 Å². The second-order valence-electron chi connectivity index (χ2n) is 6.23. The number of carbonyl (C=O) groups excluding carboxylic acids is 1. The van der Waals surface area contributed by atoms with E-state index in [4.69, 9.17) is 15.2 Å². The Kier molecular flexibility index (Phi) is 6.69. The fourth-order valence-electron chi connectivity index (χ4n) is 3.10. The van der Waals surface area contributed by atoms with Crippen LogP contribution in [0, 0.1) is 5.92 Å². The molecule has 3 N–H and O–H groups in total. The van der Waals surface area contributed by atoms with Crippen molar-refractivity contribution in [3.8, 4) is 5.75 Å². The first-order valence-electron chi connectivity index (χ1n) is 8.11. The summed E-state index contributed by atoms with van der Waals surface area (Å²) >= 11 is 0. The molecule has 0 aromatic heterocycles. The van der Waals surface area contributed by atoms with Crippen molar-refractivity contribution in [2.45, 2.75) is 44.2 Å². The molecule has 6 heteroatoms. The van der Waals surface area contributed by atoms with E-state index in [1.54, 1.807) is 0 Å². The molecule has 128 valence electrons. The van der Waals surface area contributed by atoms with Crippen LogP contribution in [0.2, 0.25) is 0 Å². The monoisotopic (exact) mass is 340 g/mol. The highest BCUT2D eigenvalue weighted by molar-refractivity contribution is 5.92. The molecule has 1 amide bonds. The van der Waals surface area contributed by atoms with Crippen molar-refractivity contribution in [3.63, 3.8) is 0 Å². The van der Waals surface area contributed by atoms with E-state index in [9.17, 15) is 4.79 Å². The van der Waals surface area contributed by atoms with Gasteiger partial charge in [-0.25, -0.2) is 0 Å². The van der Waals surface area contributed by atoms with Gasteiger partial charge in [-0.1, -0.05) is 0 Å². The summed E-state index contributed by atoms with van der Waals surface area (Å²) in [5.74, 6) is 0.919. The lowest BCUT2D eigenvalue weighted by Crippen LogP contribution is -2.23. The molecule has 0 radical (unpaired) electrons. The van der Waals surface area contributed by atoms with Gasteiger partial charge in [0.2, 0.25) is 5.91 Å². The zero-order valence-electron chi connectivity index (χ0n) is 13.2. The lowest BCUT2D eigenvalue weighted by molar-refractivity contribution is -0.119. The zero-order valence-corrected chi connectivity index (χ0v) is 14.0. The van der Waals surface area contributed by atoms with Crippen molar-refractivity contribution in [1.82, 2.24) is 0 Å². The number of rotatable bonds is 5. The summed E-state index contributed by atoms with van der Waals surface area (Å²) in [6.45, 7) is 1.43. The van der Waals surface area contributed by atoms with Crippen LogP contribution in [-0.4, -0.2) is 31.3 Å². The van der Waals surface area contributed by atoms with Crippen LogP contribution in [0.3, 0.4) is 0 Å². The molecule has 5 nitrogen and oxygen atoms in total. The van der Waals surface area contributed by atoms with Crippen LogP contribution < -0.4 is 15.8 Å². The van der Waals surface area contributed by atoms with Gasteiger partial charge in [0.15, 0.2) is 0 Å². The van der Waals surface area contributed by atoms with Crippen LogP contribution in [0.15, 0.2) is 24.3 Å². The Morgan fingerprint density at radius 3 is 2.65 bits per heavy atom. The van der Waals surface area contributed by atoms with Gasteiger partial charge in [0.05, 0.1) is 6.10 Å². The van der Waals surface area contributed by atoms with Crippen LogP contribution in [-0.2, 0) is 9.53 Å². The highest BCUT2D eigenvalue weighted by Gasteiger charge is 2.27. The summed E-state index contributed by atoms with van der Waals surface area (Å²) in [5, 5.41) is 2.95. The van der Waals surface area contributed by atoms with Crippen LogP contribution >= 0.6 is 12.4 Å². The lowest BCUT2D eigenvalue weighted by Gasteiger charge is -2.13. The predicted molar refractivity (Wildman–Crippen MR) is 92.1 cm³/mol. The van der Waals surface area contributed by atoms with Crippen molar-refractivity contribution in [2.24, 2.45) is 11.7 Å². The first kappa shape index (κ1) is 18.0. The minimum absolute atomic E-state index is 0. The molecule has 3 unspecified atom stereocenters. The number of amides is 1. The number of nitrogens with one attached hydrogen (secondary N) is 1. The van der Waals surface area contributed by atoms with E-state index in [-0.39, 0.29) is 36.4 Å². The second-order valence-corrected chi connectivity index (χ2v) is 6.23. The highest BCUT2D eigenvalue weighted by Crippen LogP contribution is 2.26. The topological polar surface area (TPSA) is 73.6 Å². The molecule has 3 rings (SSSR count). The third-order valence-corrected chi connectivity index (χ3v) is 4.43. The molecule has 1 aromatic rings. The third-order valence-electron chi connectivity index (χ3n) is 4.43. The first-order valence-corrected chi connectivity index (χ1v) is 8.11. The fraction of sp³-hybridized carbons (Fsp3) is 0.588. The van der Waals surface area contributed by atoms with Crippen LogP contribution in [0.25, 0.3) is 0 Å². The Morgan fingerprint density at radius 2 is 2.04 bits per heavy atom. The first-order chi connectivity index (χ1) is 10.7. The molecule has 0 bridgehead atoms. The van der Waals surface area contributed by atoms with Crippen LogP contribution in [0.5, 0.6) is 5.75 Å². The molecule has 23 heavy (non-hydrogen) atoms. The smallest absolute Gasteiger partial charge is 0.227 e. The van der Waals surface area contributed by atoms with Crippen LogP contribution in [0.4, 0.5) is 5.69 Å². The Balaban J connectivity index is 0.00000192. The zero-order chi connectivity index (χ0) is 15.4. The molecule has 1 aromatic carbocycles. The summed E-state index contributed by atoms with van der Waals surface area (Å²) in [5.41, 5.74) is 6.66. The third kappa shape index (κ3) is 5.09. The van der Waals surface area contributed by atoms with E-state index in [1.807, 2.05) is 24.3 Å². The van der Waals surface area contributed by atoms with Gasteiger partial charge in [0.1, 0.15) is 12.4 Å². The molecule has 1 heterocycles. The molecular formula is C17H25ClN2O3. The maximum atomic E-state index is 12.1. The molecule has 1 saturated carbocycles. The number of hydrogen-bond donors (Lipinski definition) is 2. The number of benzene rings is 1. The number of halogens is 1. The minimum Gasteiger partial charge on any atom is -0.491 e. The van der Waals surface area contributed by atoms with Crippen molar-refractivity contribution in [2.75, 3.05) is 18.5 Å². The minimum atomic E-state index is 0. The van der Waals surface area contributed by atoms with Gasteiger partial charge in [-0.05, 0) is 56.4 Å². The van der Waals surface area contributed by atoms with Gasteiger partial charge in [-0.2, -0.15) is 0 Å². The molecule has 2 fully saturated rings. The van der Waals surface area contributed by atoms with Gasteiger partial charge in [-0.3, -0.25) is 4.79 Å². The molecule has 3 atom stereocenters. The molecule has 2 aliphatic rings. The molecule has 0 spiro atoms. The van der Waals surface area contributed by atoms with E-state index in [0.29, 0.717) is 6.61 Å².